The van der Waals surface area contributed by atoms with Gasteiger partial charge in [0.15, 0.2) is 5.78 Å². The number of aromatic nitrogens is 1. The Morgan fingerprint density at radius 2 is 1.95 bits per heavy atom. The molecule has 1 amide bonds. The number of aliphatic hydroxyl groups excluding tert-OH is 1. The Kier molecular flexibility index (Phi) is 5.94. The molecule has 3 N–H and O–H groups in total. The highest BCUT2D eigenvalue weighted by atomic mass is 16.3. The van der Waals surface area contributed by atoms with Gasteiger partial charge in [0, 0.05) is 17.8 Å². The Morgan fingerprint density at radius 1 is 1.36 bits per heavy atom. The quantitative estimate of drug-likeness (QED) is 0.677. The molecule has 124 valence electrons. The zero-order valence-electron chi connectivity index (χ0n) is 14.5. The van der Waals surface area contributed by atoms with Gasteiger partial charge in [-0.15, -0.1) is 0 Å². The SMILES string of the molecule is CCc1c(C(=O)NCC(C)(C)CC(C)O)[nH]c(C)c1C(C)=O. The van der Waals surface area contributed by atoms with E-state index in [9.17, 15) is 14.7 Å². The van der Waals surface area contributed by atoms with Crippen LogP contribution < -0.4 is 5.32 Å². The van der Waals surface area contributed by atoms with Crippen LogP contribution in [0, 0.1) is 12.3 Å². The van der Waals surface area contributed by atoms with E-state index in [2.05, 4.69) is 10.3 Å². The topological polar surface area (TPSA) is 82.2 Å². The second kappa shape index (κ2) is 7.09. The minimum absolute atomic E-state index is 0.0286. The highest BCUT2D eigenvalue weighted by Crippen LogP contribution is 2.23. The van der Waals surface area contributed by atoms with E-state index >= 15 is 0 Å². The summed E-state index contributed by atoms with van der Waals surface area (Å²) in [4.78, 5) is 27.2. The van der Waals surface area contributed by atoms with Crippen molar-refractivity contribution in [3.8, 4) is 0 Å². The molecular formula is C17H28N2O3. The molecule has 0 aliphatic carbocycles. The molecule has 0 radical (unpaired) electrons. The van der Waals surface area contributed by atoms with Crippen molar-refractivity contribution in [1.29, 1.82) is 0 Å². The molecule has 1 rings (SSSR count). The third-order valence-corrected chi connectivity index (χ3v) is 3.80. The summed E-state index contributed by atoms with van der Waals surface area (Å²) in [5.74, 6) is -0.231. The molecule has 0 saturated carbocycles. The van der Waals surface area contributed by atoms with Gasteiger partial charge < -0.3 is 15.4 Å². The van der Waals surface area contributed by atoms with Gasteiger partial charge in [-0.2, -0.15) is 0 Å². The smallest absolute Gasteiger partial charge is 0.268 e. The third kappa shape index (κ3) is 4.44. The van der Waals surface area contributed by atoms with E-state index in [1.165, 1.54) is 6.92 Å². The van der Waals surface area contributed by atoms with Crippen LogP contribution in [0.15, 0.2) is 0 Å². The molecule has 5 heteroatoms. The largest absolute Gasteiger partial charge is 0.393 e. The molecule has 0 aliphatic heterocycles. The van der Waals surface area contributed by atoms with Crippen LogP contribution in [0.1, 0.15) is 73.1 Å². The maximum absolute atomic E-state index is 12.4. The lowest BCUT2D eigenvalue weighted by Crippen LogP contribution is -2.36. The summed E-state index contributed by atoms with van der Waals surface area (Å²) in [7, 11) is 0. The number of rotatable bonds is 7. The molecule has 1 heterocycles. The summed E-state index contributed by atoms with van der Waals surface area (Å²) < 4.78 is 0. The molecule has 1 aromatic heterocycles. The summed E-state index contributed by atoms with van der Waals surface area (Å²) in [5.41, 5.74) is 2.41. The van der Waals surface area contributed by atoms with Crippen molar-refractivity contribution in [2.75, 3.05) is 6.54 Å². The number of nitrogens with one attached hydrogen (secondary N) is 2. The zero-order chi connectivity index (χ0) is 17.1. The first-order chi connectivity index (χ1) is 10.1. The monoisotopic (exact) mass is 308 g/mol. The molecule has 0 spiro atoms. The Balaban J connectivity index is 2.91. The van der Waals surface area contributed by atoms with E-state index in [0.717, 1.165) is 11.3 Å². The lowest BCUT2D eigenvalue weighted by molar-refractivity contribution is 0.0897. The van der Waals surface area contributed by atoms with Gasteiger partial charge in [0.1, 0.15) is 5.69 Å². The van der Waals surface area contributed by atoms with Crippen LogP contribution >= 0.6 is 0 Å². The second-order valence-corrected chi connectivity index (χ2v) is 6.79. The molecule has 1 aromatic rings. The van der Waals surface area contributed by atoms with E-state index < -0.39 is 6.10 Å². The van der Waals surface area contributed by atoms with Crippen LogP contribution in [-0.4, -0.2) is 34.4 Å². The number of aromatic amines is 1. The normalized spacial score (nSPS) is 13.0. The number of aliphatic hydroxyl groups is 1. The third-order valence-electron chi connectivity index (χ3n) is 3.80. The molecule has 0 bridgehead atoms. The van der Waals surface area contributed by atoms with Crippen LogP contribution in [0.2, 0.25) is 0 Å². The average Bonchev–Trinajstić information content (AvgIpc) is 2.71. The Hall–Kier alpha value is -1.62. The van der Waals surface area contributed by atoms with Gasteiger partial charge in [-0.3, -0.25) is 9.59 Å². The summed E-state index contributed by atoms with van der Waals surface area (Å²) in [6.45, 7) is 11.5. The van der Waals surface area contributed by atoms with Crippen LogP contribution in [0.5, 0.6) is 0 Å². The van der Waals surface area contributed by atoms with Crippen molar-refractivity contribution in [2.45, 2.75) is 60.5 Å². The van der Waals surface area contributed by atoms with E-state index in [1.807, 2.05) is 27.7 Å². The van der Waals surface area contributed by atoms with E-state index in [0.29, 0.717) is 30.6 Å². The maximum Gasteiger partial charge on any atom is 0.268 e. The van der Waals surface area contributed by atoms with E-state index in [4.69, 9.17) is 0 Å². The lowest BCUT2D eigenvalue weighted by atomic mass is 9.87. The van der Waals surface area contributed by atoms with Gasteiger partial charge in [-0.25, -0.2) is 0 Å². The van der Waals surface area contributed by atoms with Crippen molar-refractivity contribution in [1.82, 2.24) is 10.3 Å². The van der Waals surface area contributed by atoms with Crippen LogP contribution in [0.25, 0.3) is 0 Å². The number of carbonyl (C=O) groups excluding carboxylic acids is 2. The molecular weight excluding hydrogens is 280 g/mol. The fraction of sp³-hybridized carbons (Fsp3) is 0.647. The molecule has 5 nitrogen and oxygen atoms in total. The standard InChI is InChI=1S/C17H28N2O3/c1-7-13-14(12(4)21)11(3)19-15(13)16(22)18-9-17(5,6)8-10(2)20/h10,19-20H,7-9H2,1-6H3,(H,18,22). The summed E-state index contributed by atoms with van der Waals surface area (Å²) >= 11 is 0. The van der Waals surface area contributed by atoms with Crippen LogP contribution in [0.4, 0.5) is 0 Å². The molecule has 0 aromatic carbocycles. The van der Waals surface area contributed by atoms with Crippen molar-refractivity contribution < 1.29 is 14.7 Å². The summed E-state index contributed by atoms with van der Waals surface area (Å²) in [5, 5.41) is 12.4. The molecule has 1 unspecified atom stereocenters. The van der Waals surface area contributed by atoms with Crippen molar-refractivity contribution in [3.05, 3.63) is 22.5 Å². The fourth-order valence-corrected chi connectivity index (χ4v) is 2.98. The van der Waals surface area contributed by atoms with Crippen molar-refractivity contribution >= 4 is 11.7 Å². The molecule has 0 fully saturated rings. The molecule has 22 heavy (non-hydrogen) atoms. The van der Waals surface area contributed by atoms with Crippen LogP contribution in [0.3, 0.4) is 0 Å². The number of H-pyrrole nitrogens is 1. The van der Waals surface area contributed by atoms with Gasteiger partial charge in [-0.05, 0) is 44.6 Å². The van der Waals surface area contributed by atoms with Crippen molar-refractivity contribution in [2.24, 2.45) is 5.41 Å². The Labute approximate surface area is 132 Å². The number of aryl methyl sites for hydroxylation is 1. The number of Topliss-reactive ketones (excluding diaryl/α,β-unsaturated/α-hetero) is 1. The predicted octanol–water partition coefficient (Wildman–Crippen LogP) is 2.62. The van der Waals surface area contributed by atoms with Gasteiger partial charge in [0.25, 0.3) is 5.91 Å². The summed E-state index contributed by atoms with van der Waals surface area (Å²) in [6.07, 6.45) is 0.824. The van der Waals surface area contributed by atoms with Crippen LogP contribution in [-0.2, 0) is 6.42 Å². The molecule has 0 saturated heterocycles. The van der Waals surface area contributed by atoms with E-state index in [1.54, 1.807) is 6.92 Å². The van der Waals surface area contributed by atoms with Gasteiger partial charge in [0.05, 0.1) is 6.10 Å². The number of amides is 1. The highest BCUT2D eigenvalue weighted by Gasteiger charge is 2.24. The first kappa shape index (κ1) is 18.4. The first-order valence-electron chi connectivity index (χ1n) is 7.77. The highest BCUT2D eigenvalue weighted by molar-refractivity contribution is 6.02. The minimum atomic E-state index is -0.407. The number of carbonyl (C=O) groups is 2. The van der Waals surface area contributed by atoms with Crippen molar-refractivity contribution in [3.63, 3.8) is 0 Å². The lowest BCUT2D eigenvalue weighted by Gasteiger charge is -2.26. The number of ketones is 1. The second-order valence-electron chi connectivity index (χ2n) is 6.79. The Bertz CT molecular complexity index is 556. The average molecular weight is 308 g/mol. The summed E-state index contributed by atoms with van der Waals surface area (Å²) in [6, 6.07) is 0. The predicted molar refractivity (Wildman–Crippen MR) is 87.3 cm³/mol. The van der Waals surface area contributed by atoms with Gasteiger partial charge >= 0.3 is 0 Å². The van der Waals surface area contributed by atoms with Gasteiger partial charge in [-0.1, -0.05) is 20.8 Å². The number of hydrogen-bond donors (Lipinski definition) is 3. The Morgan fingerprint density at radius 3 is 2.41 bits per heavy atom. The molecule has 1 atom stereocenters. The van der Waals surface area contributed by atoms with Gasteiger partial charge in [0.2, 0.25) is 0 Å². The number of hydrogen-bond acceptors (Lipinski definition) is 3. The minimum Gasteiger partial charge on any atom is -0.393 e. The zero-order valence-corrected chi connectivity index (χ0v) is 14.5. The maximum atomic E-state index is 12.4. The van der Waals surface area contributed by atoms with E-state index in [-0.39, 0.29) is 17.1 Å². The first-order valence-corrected chi connectivity index (χ1v) is 7.77. The fourth-order valence-electron chi connectivity index (χ4n) is 2.98. The molecule has 0 aliphatic rings.